The Kier molecular flexibility index (Phi) is 5.72. The Balaban J connectivity index is 2.61. The molecule has 1 saturated heterocycles. The normalized spacial score (nSPS) is 22.5. The summed E-state index contributed by atoms with van der Waals surface area (Å²) in [6.07, 6.45) is 0. The van der Waals surface area contributed by atoms with Crippen molar-refractivity contribution in [2.24, 2.45) is 11.1 Å². The van der Waals surface area contributed by atoms with E-state index in [2.05, 4.69) is 5.32 Å². The summed E-state index contributed by atoms with van der Waals surface area (Å²) in [6.45, 7) is 2.07. The minimum Gasteiger partial charge on any atom is -0.481 e. The lowest BCUT2D eigenvalue weighted by molar-refractivity contribution is -0.142. The Morgan fingerprint density at radius 3 is 2.60 bits per heavy atom. The van der Waals surface area contributed by atoms with Gasteiger partial charge in [0, 0.05) is 13.1 Å². The van der Waals surface area contributed by atoms with E-state index in [9.17, 15) is 18.0 Å². The number of aliphatic carboxylic acids is 1. The molecule has 116 valence electrons. The second kappa shape index (κ2) is 6.86. The molecule has 20 heavy (non-hydrogen) atoms. The van der Waals surface area contributed by atoms with Crippen LogP contribution in [-0.4, -0.2) is 68.5 Å². The first-order valence-corrected chi connectivity index (χ1v) is 7.83. The molecule has 0 radical (unpaired) electrons. The summed E-state index contributed by atoms with van der Waals surface area (Å²) >= 11 is 0. The number of carbonyl (C=O) groups excluding carboxylic acids is 1. The number of nitrogens with zero attached hydrogens (tertiary/aromatic N) is 1. The molecule has 0 aromatic carbocycles. The summed E-state index contributed by atoms with van der Waals surface area (Å²) in [6, 6.07) is -1.09. The van der Waals surface area contributed by atoms with Crippen molar-refractivity contribution < 1.29 is 27.9 Å². The maximum absolute atomic E-state index is 11.9. The van der Waals surface area contributed by atoms with E-state index in [1.165, 1.54) is 4.90 Å². The highest BCUT2D eigenvalue weighted by atomic mass is 32.2. The molecule has 1 rings (SSSR count). The molecule has 0 aromatic rings. The van der Waals surface area contributed by atoms with E-state index >= 15 is 0 Å². The van der Waals surface area contributed by atoms with Gasteiger partial charge in [0.25, 0.3) is 0 Å². The van der Waals surface area contributed by atoms with E-state index < -0.39 is 34.0 Å². The minimum atomic E-state index is -3.65. The van der Waals surface area contributed by atoms with Gasteiger partial charge in [0.2, 0.25) is 10.0 Å². The van der Waals surface area contributed by atoms with Gasteiger partial charge in [-0.3, -0.25) is 4.79 Å². The number of nitrogens with one attached hydrogen (secondary N) is 1. The first-order valence-electron chi connectivity index (χ1n) is 6.11. The fraction of sp³-hybridized carbons (Fsp3) is 0.800. The highest BCUT2D eigenvalue weighted by Crippen LogP contribution is 2.20. The van der Waals surface area contributed by atoms with Gasteiger partial charge in [0.05, 0.1) is 25.0 Å². The topological polar surface area (TPSA) is 139 Å². The van der Waals surface area contributed by atoms with Crippen molar-refractivity contribution in [3.8, 4) is 0 Å². The monoisotopic (exact) mass is 309 g/mol. The Morgan fingerprint density at radius 2 is 2.10 bits per heavy atom. The van der Waals surface area contributed by atoms with Crippen molar-refractivity contribution in [3.63, 3.8) is 0 Å². The average Bonchev–Trinajstić information content (AvgIpc) is 2.77. The molecule has 10 heteroatoms. The van der Waals surface area contributed by atoms with E-state index in [-0.39, 0.29) is 25.5 Å². The highest BCUT2D eigenvalue weighted by molar-refractivity contribution is 7.89. The summed E-state index contributed by atoms with van der Waals surface area (Å²) in [5, 5.41) is 16.3. The third-order valence-corrected chi connectivity index (χ3v) is 3.81. The van der Waals surface area contributed by atoms with Crippen molar-refractivity contribution in [1.82, 2.24) is 10.2 Å². The summed E-state index contributed by atoms with van der Waals surface area (Å²) in [5.41, 5.74) is 0. The van der Waals surface area contributed by atoms with E-state index in [4.69, 9.17) is 15.0 Å². The molecular weight excluding hydrogens is 290 g/mol. The molecule has 2 amide bonds. The third-order valence-electron chi connectivity index (χ3n) is 3.03. The van der Waals surface area contributed by atoms with Crippen LogP contribution in [0.3, 0.4) is 0 Å². The molecule has 1 heterocycles. The highest BCUT2D eigenvalue weighted by Gasteiger charge is 2.39. The zero-order valence-corrected chi connectivity index (χ0v) is 11.9. The Morgan fingerprint density at radius 1 is 1.45 bits per heavy atom. The first-order chi connectivity index (χ1) is 9.26. The smallest absolute Gasteiger partial charge is 0.317 e. The SMILES string of the molecule is CCN(C(=O)NCCS(N)(=O)=O)C1COCC1C(=O)O. The lowest BCUT2D eigenvalue weighted by atomic mass is 10.0. The van der Waals surface area contributed by atoms with Gasteiger partial charge >= 0.3 is 12.0 Å². The number of ether oxygens (including phenoxy) is 1. The quantitative estimate of drug-likeness (QED) is 0.540. The number of nitrogens with two attached hydrogens (primary N) is 1. The number of likely N-dealkylation sites (N-methyl/N-ethyl adjacent to an activating group) is 1. The Bertz CT molecular complexity index is 466. The number of sulfonamides is 1. The van der Waals surface area contributed by atoms with Gasteiger partial charge in [-0.2, -0.15) is 0 Å². The van der Waals surface area contributed by atoms with E-state index in [0.717, 1.165) is 0 Å². The largest absolute Gasteiger partial charge is 0.481 e. The van der Waals surface area contributed by atoms with Crippen molar-refractivity contribution in [2.75, 3.05) is 32.1 Å². The van der Waals surface area contributed by atoms with Crippen molar-refractivity contribution >= 4 is 22.0 Å². The third kappa shape index (κ3) is 4.62. The number of amides is 2. The maximum Gasteiger partial charge on any atom is 0.317 e. The van der Waals surface area contributed by atoms with Crippen LogP contribution in [-0.2, 0) is 19.6 Å². The Hall–Kier alpha value is -1.39. The number of carboxylic acids is 1. The fourth-order valence-electron chi connectivity index (χ4n) is 2.02. The summed E-state index contributed by atoms with van der Waals surface area (Å²) in [4.78, 5) is 24.3. The molecule has 0 bridgehead atoms. The molecule has 4 N–H and O–H groups in total. The van der Waals surface area contributed by atoms with Gasteiger partial charge in [0.15, 0.2) is 0 Å². The molecule has 0 spiro atoms. The van der Waals surface area contributed by atoms with Crippen LogP contribution in [0, 0.1) is 5.92 Å². The molecule has 1 fully saturated rings. The first kappa shape index (κ1) is 16.7. The van der Waals surface area contributed by atoms with Gasteiger partial charge in [-0.1, -0.05) is 0 Å². The van der Waals surface area contributed by atoms with E-state index in [1.54, 1.807) is 6.92 Å². The number of carboxylic acid groups (broad SMARTS) is 1. The second-order valence-electron chi connectivity index (χ2n) is 4.43. The lowest BCUT2D eigenvalue weighted by Gasteiger charge is -2.29. The summed E-state index contributed by atoms with van der Waals surface area (Å²) in [5.74, 6) is -2.18. The van der Waals surface area contributed by atoms with Crippen LogP contribution < -0.4 is 10.5 Å². The van der Waals surface area contributed by atoms with Crippen molar-refractivity contribution in [2.45, 2.75) is 13.0 Å². The maximum atomic E-state index is 11.9. The number of urea groups is 1. The molecule has 1 aliphatic rings. The van der Waals surface area contributed by atoms with Gasteiger partial charge in [-0.15, -0.1) is 0 Å². The van der Waals surface area contributed by atoms with Crippen molar-refractivity contribution in [3.05, 3.63) is 0 Å². The molecule has 2 unspecified atom stereocenters. The standard InChI is InChI=1S/C10H19N3O6S/c1-2-13(8-6-19-5-7(8)9(14)15)10(16)12-3-4-20(11,17)18/h7-8H,2-6H2,1H3,(H,12,16)(H,14,15)(H2,11,17,18). The van der Waals surface area contributed by atoms with Crippen LogP contribution in [0.15, 0.2) is 0 Å². The molecule has 9 nitrogen and oxygen atoms in total. The van der Waals surface area contributed by atoms with Crippen LogP contribution >= 0.6 is 0 Å². The molecule has 0 saturated carbocycles. The second-order valence-corrected chi connectivity index (χ2v) is 6.17. The number of hydrogen-bond donors (Lipinski definition) is 3. The zero-order chi connectivity index (χ0) is 15.3. The Labute approximate surface area is 117 Å². The average molecular weight is 309 g/mol. The van der Waals surface area contributed by atoms with Crippen LogP contribution in [0.5, 0.6) is 0 Å². The van der Waals surface area contributed by atoms with E-state index in [1.807, 2.05) is 0 Å². The zero-order valence-electron chi connectivity index (χ0n) is 11.1. The molecule has 2 atom stereocenters. The lowest BCUT2D eigenvalue weighted by Crippen LogP contribution is -2.51. The minimum absolute atomic E-state index is 0.0565. The van der Waals surface area contributed by atoms with Gasteiger partial charge in [-0.05, 0) is 6.92 Å². The van der Waals surface area contributed by atoms with Crippen LogP contribution in [0.4, 0.5) is 4.79 Å². The number of rotatable bonds is 6. The number of primary sulfonamides is 1. The van der Waals surface area contributed by atoms with E-state index in [0.29, 0.717) is 6.54 Å². The van der Waals surface area contributed by atoms with Gasteiger partial charge < -0.3 is 20.1 Å². The van der Waals surface area contributed by atoms with Gasteiger partial charge in [-0.25, -0.2) is 18.4 Å². The predicted octanol–water partition coefficient (Wildman–Crippen LogP) is -1.59. The van der Waals surface area contributed by atoms with Crippen LogP contribution in [0.1, 0.15) is 6.92 Å². The molecule has 1 aliphatic heterocycles. The molecule has 0 aromatic heterocycles. The number of hydrogen-bond acceptors (Lipinski definition) is 5. The van der Waals surface area contributed by atoms with Crippen LogP contribution in [0.25, 0.3) is 0 Å². The summed E-state index contributed by atoms with van der Waals surface area (Å²) in [7, 11) is -3.65. The predicted molar refractivity (Wildman–Crippen MR) is 69.5 cm³/mol. The van der Waals surface area contributed by atoms with Crippen LogP contribution in [0.2, 0.25) is 0 Å². The summed E-state index contributed by atoms with van der Waals surface area (Å²) < 4.78 is 26.6. The number of carbonyl (C=O) groups is 2. The molecule has 0 aliphatic carbocycles. The fourth-order valence-corrected chi connectivity index (χ4v) is 2.40. The van der Waals surface area contributed by atoms with Gasteiger partial charge in [0.1, 0.15) is 5.92 Å². The molecular formula is C10H19N3O6S. The van der Waals surface area contributed by atoms with Crippen molar-refractivity contribution in [1.29, 1.82) is 0 Å².